The van der Waals surface area contributed by atoms with Crippen molar-refractivity contribution in [2.24, 2.45) is 0 Å². The van der Waals surface area contributed by atoms with Gasteiger partial charge in [0.15, 0.2) is 0 Å². The second-order valence-corrected chi connectivity index (χ2v) is 4.50. The van der Waals surface area contributed by atoms with Crippen molar-refractivity contribution in [1.29, 1.82) is 5.26 Å². The van der Waals surface area contributed by atoms with Crippen molar-refractivity contribution in [2.45, 2.75) is 20.4 Å². The predicted molar refractivity (Wildman–Crippen MR) is 67.6 cm³/mol. The molecule has 3 nitrogen and oxygen atoms in total. The van der Waals surface area contributed by atoms with Gasteiger partial charge in [0, 0.05) is 10.1 Å². The Kier molecular flexibility index (Phi) is 2.65. The second-order valence-electron chi connectivity index (χ2n) is 3.34. The molecule has 0 saturated heterocycles. The van der Waals surface area contributed by atoms with Gasteiger partial charge in [-0.3, -0.25) is 0 Å². The lowest BCUT2D eigenvalue weighted by atomic mass is 10.2. The second kappa shape index (κ2) is 3.81. The van der Waals surface area contributed by atoms with Gasteiger partial charge < -0.3 is 4.57 Å². The Labute approximate surface area is 102 Å². The molecular formula is C11H10IN3. The summed E-state index contributed by atoms with van der Waals surface area (Å²) in [5.41, 5.74) is 2.74. The van der Waals surface area contributed by atoms with Gasteiger partial charge in [-0.05, 0) is 48.6 Å². The molecule has 0 atom stereocenters. The smallest absolute Gasteiger partial charge is 0.106 e. The van der Waals surface area contributed by atoms with E-state index in [1.165, 1.54) is 0 Å². The summed E-state index contributed by atoms with van der Waals surface area (Å²) in [6, 6.07) is 6.08. The Bertz CT molecular complexity index is 563. The monoisotopic (exact) mass is 311 g/mol. The SMILES string of the molecule is CCn1c(C)nc2cc(I)c(C#N)cc21. The first-order valence-corrected chi connectivity index (χ1v) is 5.81. The van der Waals surface area contributed by atoms with Crippen LogP contribution in [0.25, 0.3) is 11.0 Å². The summed E-state index contributed by atoms with van der Waals surface area (Å²) in [5.74, 6) is 0.999. The quantitative estimate of drug-likeness (QED) is 0.760. The molecule has 0 bridgehead atoms. The van der Waals surface area contributed by atoms with Gasteiger partial charge in [0.2, 0.25) is 0 Å². The highest BCUT2D eigenvalue weighted by atomic mass is 127. The Morgan fingerprint density at radius 1 is 1.53 bits per heavy atom. The molecular weight excluding hydrogens is 301 g/mol. The van der Waals surface area contributed by atoms with E-state index in [1.54, 1.807) is 0 Å². The molecule has 2 aromatic rings. The molecule has 0 N–H and O–H groups in total. The van der Waals surface area contributed by atoms with E-state index in [0.717, 1.165) is 32.5 Å². The number of hydrogen-bond donors (Lipinski definition) is 0. The molecule has 1 heterocycles. The highest BCUT2D eigenvalue weighted by Gasteiger charge is 2.09. The summed E-state index contributed by atoms with van der Waals surface area (Å²) in [4.78, 5) is 4.47. The molecule has 0 fully saturated rings. The van der Waals surface area contributed by atoms with Crippen molar-refractivity contribution in [3.8, 4) is 6.07 Å². The lowest BCUT2D eigenvalue weighted by molar-refractivity contribution is 0.753. The molecule has 1 aromatic carbocycles. The number of fused-ring (bicyclic) bond motifs is 1. The largest absolute Gasteiger partial charge is 0.328 e. The summed E-state index contributed by atoms with van der Waals surface area (Å²) in [7, 11) is 0. The molecule has 0 unspecified atom stereocenters. The number of aryl methyl sites for hydroxylation is 2. The molecule has 0 aliphatic carbocycles. The molecule has 0 saturated carbocycles. The fourth-order valence-corrected chi connectivity index (χ4v) is 2.32. The number of aromatic nitrogens is 2. The van der Waals surface area contributed by atoms with Crippen LogP contribution < -0.4 is 0 Å². The molecule has 2 rings (SSSR count). The van der Waals surface area contributed by atoms with Crippen LogP contribution in [-0.4, -0.2) is 9.55 Å². The maximum atomic E-state index is 8.96. The molecule has 0 aliphatic rings. The Hall–Kier alpha value is -1.09. The van der Waals surface area contributed by atoms with Gasteiger partial charge in [0.1, 0.15) is 11.9 Å². The van der Waals surface area contributed by atoms with E-state index in [0.29, 0.717) is 0 Å². The minimum Gasteiger partial charge on any atom is -0.328 e. The Morgan fingerprint density at radius 2 is 2.27 bits per heavy atom. The van der Waals surface area contributed by atoms with Crippen LogP contribution in [0, 0.1) is 21.8 Å². The summed E-state index contributed by atoms with van der Waals surface area (Å²) < 4.78 is 3.08. The van der Waals surface area contributed by atoms with Crippen LogP contribution in [0.1, 0.15) is 18.3 Å². The van der Waals surface area contributed by atoms with E-state index < -0.39 is 0 Å². The lowest BCUT2D eigenvalue weighted by Gasteiger charge is -2.02. The maximum absolute atomic E-state index is 8.96. The highest BCUT2D eigenvalue weighted by Crippen LogP contribution is 2.22. The summed E-state index contributed by atoms with van der Waals surface area (Å²) >= 11 is 2.17. The van der Waals surface area contributed by atoms with Crippen molar-refractivity contribution >= 4 is 33.6 Å². The molecule has 76 valence electrons. The number of rotatable bonds is 1. The molecule has 0 radical (unpaired) electrons. The number of hydrogen-bond acceptors (Lipinski definition) is 2. The third-order valence-electron chi connectivity index (χ3n) is 2.46. The lowest BCUT2D eigenvalue weighted by Crippen LogP contribution is -1.96. The van der Waals surface area contributed by atoms with Crippen LogP contribution in [0.5, 0.6) is 0 Å². The van der Waals surface area contributed by atoms with E-state index in [9.17, 15) is 0 Å². The zero-order valence-electron chi connectivity index (χ0n) is 8.58. The third-order valence-corrected chi connectivity index (χ3v) is 3.36. The average Bonchev–Trinajstić information content (AvgIpc) is 2.51. The Morgan fingerprint density at radius 3 is 2.87 bits per heavy atom. The fraction of sp³-hybridized carbons (Fsp3) is 0.273. The minimum absolute atomic E-state index is 0.720. The van der Waals surface area contributed by atoms with E-state index in [-0.39, 0.29) is 0 Å². The third kappa shape index (κ3) is 1.61. The molecule has 0 amide bonds. The average molecular weight is 311 g/mol. The van der Waals surface area contributed by atoms with Gasteiger partial charge in [-0.15, -0.1) is 0 Å². The number of imidazole rings is 1. The first-order valence-electron chi connectivity index (χ1n) is 4.74. The number of halogens is 1. The van der Waals surface area contributed by atoms with E-state index >= 15 is 0 Å². The van der Waals surface area contributed by atoms with Crippen LogP contribution in [0.2, 0.25) is 0 Å². The van der Waals surface area contributed by atoms with Crippen molar-refractivity contribution in [2.75, 3.05) is 0 Å². The molecule has 1 aromatic heterocycles. The molecule has 0 aliphatic heterocycles. The van der Waals surface area contributed by atoms with Crippen LogP contribution in [0.4, 0.5) is 0 Å². The first kappa shape index (κ1) is 10.4. The van der Waals surface area contributed by atoms with Crippen molar-refractivity contribution in [3.63, 3.8) is 0 Å². The van der Waals surface area contributed by atoms with Gasteiger partial charge in [0.25, 0.3) is 0 Å². The molecule has 4 heteroatoms. The van der Waals surface area contributed by atoms with Gasteiger partial charge in [-0.1, -0.05) is 0 Å². The van der Waals surface area contributed by atoms with E-state index in [2.05, 4.69) is 45.1 Å². The van der Waals surface area contributed by atoms with Gasteiger partial charge in [-0.25, -0.2) is 4.98 Å². The summed E-state index contributed by atoms with van der Waals surface area (Å²) in [6.07, 6.45) is 0. The predicted octanol–water partition coefficient (Wildman–Crippen LogP) is 2.84. The van der Waals surface area contributed by atoms with Crippen molar-refractivity contribution < 1.29 is 0 Å². The van der Waals surface area contributed by atoms with E-state index in [4.69, 9.17) is 5.26 Å². The zero-order chi connectivity index (χ0) is 11.0. The normalized spacial score (nSPS) is 10.5. The van der Waals surface area contributed by atoms with E-state index in [1.807, 2.05) is 19.1 Å². The summed E-state index contributed by atoms with van der Waals surface area (Å²) in [6.45, 7) is 4.95. The van der Waals surface area contributed by atoms with Gasteiger partial charge in [0.05, 0.1) is 16.6 Å². The molecule has 0 spiro atoms. The van der Waals surface area contributed by atoms with Crippen LogP contribution >= 0.6 is 22.6 Å². The van der Waals surface area contributed by atoms with Crippen molar-refractivity contribution in [1.82, 2.24) is 9.55 Å². The standard InChI is InChI=1S/C11H10IN3/c1-3-15-7(2)14-10-5-9(12)8(6-13)4-11(10)15/h4-5H,3H2,1-2H3. The summed E-state index contributed by atoms with van der Waals surface area (Å²) in [5, 5.41) is 8.96. The molecule has 15 heavy (non-hydrogen) atoms. The van der Waals surface area contributed by atoms with Gasteiger partial charge in [-0.2, -0.15) is 5.26 Å². The fourth-order valence-electron chi connectivity index (χ4n) is 1.75. The van der Waals surface area contributed by atoms with Crippen LogP contribution in [0.15, 0.2) is 12.1 Å². The zero-order valence-corrected chi connectivity index (χ0v) is 10.7. The number of benzene rings is 1. The first-order chi connectivity index (χ1) is 7.17. The topological polar surface area (TPSA) is 41.6 Å². The number of nitrogens with zero attached hydrogens (tertiary/aromatic N) is 3. The minimum atomic E-state index is 0.720. The van der Waals surface area contributed by atoms with Crippen LogP contribution in [0.3, 0.4) is 0 Å². The van der Waals surface area contributed by atoms with Crippen molar-refractivity contribution in [3.05, 3.63) is 27.1 Å². The van der Waals surface area contributed by atoms with Crippen LogP contribution in [-0.2, 0) is 6.54 Å². The maximum Gasteiger partial charge on any atom is 0.106 e. The number of nitriles is 1. The van der Waals surface area contributed by atoms with Gasteiger partial charge >= 0.3 is 0 Å². The highest BCUT2D eigenvalue weighted by molar-refractivity contribution is 14.1. The Balaban J connectivity index is 2.84.